The molecular formula is C8H14O6. The quantitative estimate of drug-likeness (QED) is 0.640. The van der Waals surface area contributed by atoms with Crippen LogP contribution in [0.15, 0.2) is 0 Å². The molecule has 3 atom stereocenters. The third kappa shape index (κ3) is 2.41. The van der Waals surface area contributed by atoms with Crippen LogP contribution in [0.1, 0.15) is 20.3 Å². The second kappa shape index (κ2) is 4.52. The minimum Gasteiger partial charge on any atom is -0.316 e. The highest BCUT2D eigenvalue weighted by Gasteiger charge is 2.39. The molecule has 0 bridgehead atoms. The van der Waals surface area contributed by atoms with E-state index in [9.17, 15) is 0 Å². The minimum absolute atomic E-state index is 0.0860. The van der Waals surface area contributed by atoms with Crippen LogP contribution < -0.4 is 0 Å². The summed E-state index contributed by atoms with van der Waals surface area (Å²) in [5, 5.41) is 0. The third-order valence-corrected chi connectivity index (χ3v) is 1.87. The maximum atomic E-state index is 5.38. The molecule has 0 N–H and O–H groups in total. The number of hydrogen-bond acceptors (Lipinski definition) is 6. The van der Waals surface area contributed by atoms with Crippen LogP contribution in [0, 0.1) is 5.92 Å². The first-order valence-corrected chi connectivity index (χ1v) is 4.63. The van der Waals surface area contributed by atoms with Gasteiger partial charge in [-0.05, 0) is 5.92 Å². The van der Waals surface area contributed by atoms with Gasteiger partial charge in [-0.1, -0.05) is 13.8 Å². The molecule has 2 rings (SSSR count). The van der Waals surface area contributed by atoms with Crippen molar-refractivity contribution in [3.05, 3.63) is 0 Å². The van der Waals surface area contributed by atoms with E-state index in [1.165, 1.54) is 0 Å². The van der Waals surface area contributed by atoms with Crippen LogP contribution in [0.25, 0.3) is 0 Å². The fourth-order valence-electron chi connectivity index (χ4n) is 1.24. The number of ether oxygens (including phenoxy) is 2. The van der Waals surface area contributed by atoms with E-state index < -0.39 is 12.6 Å². The summed E-state index contributed by atoms with van der Waals surface area (Å²) in [6, 6.07) is 0. The molecule has 0 aliphatic carbocycles. The van der Waals surface area contributed by atoms with Crippen molar-refractivity contribution in [3.8, 4) is 0 Å². The molecule has 6 nitrogen and oxygen atoms in total. The van der Waals surface area contributed by atoms with Crippen LogP contribution in [0.3, 0.4) is 0 Å². The predicted molar refractivity (Wildman–Crippen MR) is 42.2 cm³/mol. The highest BCUT2D eigenvalue weighted by atomic mass is 17.3. The monoisotopic (exact) mass is 206 g/mol. The molecule has 82 valence electrons. The first-order valence-electron chi connectivity index (χ1n) is 4.63. The van der Waals surface area contributed by atoms with Crippen LogP contribution >= 0.6 is 0 Å². The van der Waals surface area contributed by atoms with Crippen molar-refractivity contribution in [2.75, 3.05) is 6.79 Å². The Hall–Kier alpha value is -0.240. The lowest BCUT2D eigenvalue weighted by molar-refractivity contribution is -0.358. The van der Waals surface area contributed by atoms with E-state index in [0.29, 0.717) is 5.92 Å². The van der Waals surface area contributed by atoms with E-state index in [2.05, 4.69) is 18.7 Å². The molecule has 2 aliphatic heterocycles. The molecule has 14 heavy (non-hydrogen) atoms. The molecule has 2 fully saturated rings. The van der Waals surface area contributed by atoms with Gasteiger partial charge in [0.2, 0.25) is 12.6 Å². The normalized spacial score (nSPS) is 38.4. The Kier molecular flexibility index (Phi) is 3.32. The molecule has 0 spiro atoms. The Morgan fingerprint density at radius 3 is 2.64 bits per heavy atom. The summed E-state index contributed by atoms with van der Waals surface area (Å²) in [5.74, 6) is 0.476. The van der Waals surface area contributed by atoms with Gasteiger partial charge in [-0.2, -0.15) is 9.78 Å². The van der Waals surface area contributed by atoms with Crippen molar-refractivity contribution in [2.24, 2.45) is 5.92 Å². The largest absolute Gasteiger partial charge is 0.316 e. The number of hydrogen-bond donors (Lipinski definition) is 0. The van der Waals surface area contributed by atoms with Crippen molar-refractivity contribution < 1.29 is 29.0 Å². The zero-order valence-electron chi connectivity index (χ0n) is 8.17. The predicted octanol–water partition coefficient (Wildman–Crippen LogP) is 0.925. The summed E-state index contributed by atoms with van der Waals surface area (Å²) >= 11 is 0. The summed E-state index contributed by atoms with van der Waals surface area (Å²) in [7, 11) is 0. The Balaban J connectivity index is 1.76. The SMILES string of the molecule is CC(C)CC1OOC(C2OCOO2)O1. The van der Waals surface area contributed by atoms with Gasteiger partial charge in [0, 0.05) is 6.42 Å². The molecule has 0 aromatic rings. The average Bonchev–Trinajstić information content (AvgIpc) is 2.69. The summed E-state index contributed by atoms with van der Waals surface area (Å²) in [5.41, 5.74) is 0. The van der Waals surface area contributed by atoms with Crippen molar-refractivity contribution in [3.63, 3.8) is 0 Å². The van der Waals surface area contributed by atoms with E-state index in [4.69, 9.17) is 24.1 Å². The smallest absolute Gasteiger partial charge is 0.248 e. The second-order valence-electron chi connectivity index (χ2n) is 3.62. The molecule has 2 heterocycles. The topological polar surface area (TPSA) is 55.4 Å². The van der Waals surface area contributed by atoms with Gasteiger partial charge in [0.25, 0.3) is 0 Å². The molecule has 0 saturated carbocycles. The van der Waals surface area contributed by atoms with Crippen molar-refractivity contribution >= 4 is 0 Å². The molecule has 2 saturated heterocycles. The standard InChI is InChI=1S/C8H14O6/c1-5(2)3-6-11-8(14-12-6)7-9-4-10-13-7/h5-8H,3-4H2,1-2H3. The summed E-state index contributed by atoms with van der Waals surface area (Å²) in [6.45, 7) is 4.24. The van der Waals surface area contributed by atoms with Gasteiger partial charge in [-0.25, -0.2) is 9.78 Å². The van der Waals surface area contributed by atoms with Crippen molar-refractivity contribution in [1.82, 2.24) is 0 Å². The average molecular weight is 206 g/mol. The maximum Gasteiger partial charge on any atom is 0.248 e. The van der Waals surface area contributed by atoms with Crippen molar-refractivity contribution in [1.29, 1.82) is 0 Å². The minimum atomic E-state index is -0.666. The van der Waals surface area contributed by atoms with Crippen molar-refractivity contribution in [2.45, 2.75) is 39.1 Å². The highest BCUT2D eigenvalue weighted by Crippen LogP contribution is 2.25. The zero-order chi connectivity index (χ0) is 9.97. The van der Waals surface area contributed by atoms with E-state index >= 15 is 0 Å². The van der Waals surface area contributed by atoms with Gasteiger partial charge in [0.15, 0.2) is 13.1 Å². The fraction of sp³-hybridized carbons (Fsp3) is 1.00. The third-order valence-electron chi connectivity index (χ3n) is 1.87. The van der Waals surface area contributed by atoms with E-state index in [-0.39, 0.29) is 13.1 Å². The highest BCUT2D eigenvalue weighted by molar-refractivity contribution is 4.58. The molecular weight excluding hydrogens is 192 g/mol. The Bertz CT molecular complexity index is 179. The van der Waals surface area contributed by atoms with Crippen LogP contribution in [-0.4, -0.2) is 25.7 Å². The summed E-state index contributed by atoms with van der Waals surface area (Å²) in [6.07, 6.45) is -0.911. The molecule has 0 radical (unpaired) electrons. The van der Waals surface area contributed by atoms with Gasteiger partial charge in [-0.15, -0.1) is 0 Å². The lowest BCUT2D eigenvalue weighted by Crippen LogP contribution is -2.28. The van der Waals surface area contributed by atoms with Crippen LogP contribution in [-0.2, 0) is 29.0 Å². The zero-order valence-corrected chi connectivity index (χ0v) is 8.17. The molecule has 0 amide bonds. The Labute approximate surface area is 81.8 Å². The first-order chi connectivity index (χ1) is 6.75. The van der Waals surface area contributed by atoms with Gasteiger partial charge >= 0.3 is 0 Å². The van der Waals surface area contributed by atoms with Gasteiger partial charge in [-0.3, -0.25) is 0 Å². The van der Waals surface area contributed by atoms with E-state index in [0.717, 1.165) is 6.42 Å². The maximum absolute atomic E-state index is 5.38. The molecule has 6 heteroatoms. The van der Waals surface area contributed by atoms with Crippen LogP contribution in [0.4, 0.5) is 0 Å². The fourth-order valence-corrected chi connectivity index (χ4v) is 1.24. The molecule has 0 aromatic heterocycles. The summed E-state index contributed by atoms with van der Waals surface area (Å²) < 4.78 is 10.4. The van der Waals surface area contributed by atoms with E-state index in [1.807, 2.05) is 0 Å². The van der Waals surface area contributed by atoms with Crippen LogP contribution in [0.2, 0.25) is 0 Å². The molecule has 0 aromatic carbocycles. The summed E-state index contributed by atoms with van der Waals surface area (Å²) in [4.78, 5) is 19.1. The lowest BCUT2D eigenvalue weighted by Gasteiger charge is -2.12. The second-order valence-corrected chi connectivity index (χ2v) is 3.62. The van der Waals surface area contributed by atoms with Gasteiger partial charge < -0.3 is 9.47 Å². The van der Waals surface area contributed by atoms with Crippen LogP contribution in [0.5, 0.6) is 0 Å². The Morgan fingerprint density at radius 1 is 1.14 bits per heavy atom. The van der Waals surface area contributed by atoms with Gasteiger partial charge in [0.05, 0.1) is 0 Å². The molecule has 3 unspecified atom stereocenters. The molecule has 2 aliphatic rings. The Morgan fingerprint density at radius 2 is 2.00 bits per heavy atom. The van der Waals surface area contributed by atoms with Gasteiger partial charge in [0.1, 0.15) is 0 Å². The number of rotatable bonds is 3. The first kappa shape index (κ1) is 10.3. The van der Waals surface area contributed by atoms with E-state index in [1.54, 1.807) is 0 Å². The lowest BCUT2D eigenvalue weighted by atomic mass is 10.1.